The first-order valence-corrected chi connectivity index (χ1v) is 8.21. The molecule has 21 heavy (non-hydrogen) atoms. The molecule has 1 aliphatic rings. The van der Waals surface area contributed by atoms with E-state index >= 15 is 0 Å². The van der Waals surface area contributed by atoms with E-state index in [0.29, 0.717) is 6.04 Å². The number of pyridine rings is 1. The Morgan fingerprint density at radius 1 is 1.38 bits per heavy atom. The Morgan fingerprint density at radius 3 is 3.00 bits per heavy atom. The summed E-state index contributed by atoms with van der Waals surface area (Å²) >= 11 is 0. The van der Waals surface area contributed by atoms with Gasteiger partial charge in [0.2, 0.25) is 0 Å². The largest absolute Gasteiger partial charge is 0.492 e. The maximum atomic E-state index is 6.01. The summed E-state index contributed by atoms with van der Waals surface area (Å²) < 4.78 is 6.01. The van der Waals surface area contributed by atoms with Crippen LogP contribution in [-0.4, -0.2) is 42.7 Å². The highest BCUT2D eigenvalue weighted by atomic mass is 16.5. The smallest absolute Gasteiger partial charge is 0.142 e. The minimum atomic E-state index is 0.675. The van der Waals surface area contributed by atoms with Gasteiger partial charge in [-0.1, -0.05) is 13.3 Å². The molecule has 118 valence electrons. The molecule has 4 nitrogen and oxygen atoms in total. The van der Waals surface area contributed by atoms with E-state index in [0.717, 1.165) is 43.3 Å². The third kappa shape index (κ3) is 4.97. The molecule has 2 rings (SSSR count). The van der Waals surface area contributed by atoms with Crippen molar-refractivity contribution in [2.75, 3.05) is 26.7 Å². The molecule has 0 bridgehead atoms. The molecule has 0 saturated carbocycles. The highest BCUT2D eigenvalue weighted by Crippen LogP contribution is 2.20. The van der Waals surface area contributed by atoms with Crippen molar-refractivity contribution in [3.8, 4) is 5.75 Å². The molecule has 0 amide bonds. The second kappa shape index (κ2) is 8.35. The zero-order valence-corrected chi connectivity index (χ0v) is 13.7. The van der Waals surface area contributed by atoms with Crippen LogP contribution in [0.25, 0.3) is 0 Å². The summed E-state index contributed by atoms with van der Waals surface area (Å²) in [5.74, 6) is 0.931. The van der Waals surface area contributed by atoms with Gasteiger partial charge in [-0.2, -0.15) is 0 Å². The van der Waals surface area contributed by atoms with Crippen LogP contribution in [0.2, 0.25) is 0 Å². The van der Waals surface area contributed by atoms with Crippen molar-refractivity contribution < 1.29 is 4.74 Å². The fourth-order valence-electron chi connectivity index (χ4n) is 2.91. The lowest BCUT2D eigenvalue weighted by Gasteiger charge is -2.32. The van der Waals surface area contributed by atoms with Crippen LogP contribution in [0.4, 0.5) is 0 Å². The van der Waals surface area contributed by atoms with E-state index < -0.39 is 0 Å². The molecule has 0 spiro atoms. The number of ether oxygens (including phenoxy) is 1. The molecule has 0 radical (unpaired) electrons. The number of hydrogen-bond donors (Lipinski definition) is 1. The van der Waals surface area contributed by atoms with Gasteiger partial charge < -0.3 is 15.0 Å². The first-order chi connectivity index (χ1) is 10.2. The quantitative estimate of drug-likeness (QED) is 0.838. The first kappa shape index (κ1) is 16.2. The van der Waals surface area contributed by atoms with Crippen molar-refractivity contribution in [2.24, 2.45) is 0 Å². The number of aromatic nitrogens is 1. The Labute approximate surface area is 128 Å². The average Bonchev–Trinajstić information content (AvgIpc) is 2.49. The Morgan fingerprint density at radius 2 is 2.24 bits per heavy atom. The maximum Gasteiger partial charge on any atom is 0.142 e. The van der Waals surface area contributed by atoms with Gasteiger partial charge >= 0.3 is 0 Å². The predicted molar refractivity (Wildman–Crippen MR) is 86.7 cm³/mol. The second-order valence-corrected chi connectivity index (χ2v) is 5.95. The lowest BCUT2D eigenvalue weighted by Crippen LogP contribution is -2.37. The minimum absolute atomic E-state index is 0.675. The van der Waals surface area contributed by atoms with Crippen LogP contribution in [0.3, 0.4) is 0 Å². The van der Waals surface area contributed by atoms with Gasteiger partial charge in [0.25, 0.3) is 0 Å². The normalized spacial score (nSPS) is 19.7. The van der Waals surface area contributed by atoms with Crippen LogP contribution in [0.1, 0.15) is 44.0 Å². The van der Waals surface area contributed by atoms with E-state index in [9.17, 15) is 0 Å². The summed E-state index contributed by atoms with van der Waals surface area (Å²) in [6, 6.07) is 4.76. The molecule has 1 aliphatic heterocycles. The van der Waals surface area contributed by atoms with Crippen LogP contribution in [0, 0.1) is 6.92 Å². The van der Waals surface area contributed by atoms with E-state index in [1.165, 1.54) is 25.8 Å². The van der Waals surface area contributed by atoms with Gasteiger partial charge in [-0.25, -0.2) is 0 Å². The monoisotopic (exact) mass is 291 g/mol. The Kier molecular flexibility index (Phi) is 6.46. The standard InChI is InChI=1S/C17H29N3O/c1-4-18-13-16-17(9-8-14(2)19-16)21-12-10-15-7-5-6-11-20(15)3/h8-9,15,18H,4-7,10-13H2,1-3H3. The Hall–Kier alpha value is -1.13. The molecule has 1 atom stereocenters. The average molecular weight is 291 g/mol. The molecular weight excluding hydrogens is 262 g/mol. The third-order valence-electron chi connectivity index (χ3n) is 4.24. The van der Waals surface area contributed by atoms with Gasteiger partial charge in [-0.15, -0.1) is 0 Å². The van der Waals surface area contributed by atoms with Crippen LogP contribution in [0.5, 0.6) is 5.75 Å². The second-order valence-electron chi connectivity index (χ2n) is 5.95. The molecule has 2 heterocycles. The van der Waals surface area contributed by atoms with Gasteiger partial charge in [0.15, 0.2) is 0 Å². The topological polar surface area (TPSA) is 37.4 Å². The lowest BCUT2D eigenvalue weighted by molar-refractivity contribution is 0.152. The highest BCUT2D eigenvalue weighted by molar-refractivity contribution is 5.29. The zero-order chi connectivity index (χ0) is 15.1. The number of nitrogens with zero attached hydrogens (tertiary/aromatic N) is 2. The van der Waals surface area contributed by atoms with E-state index in [4.69, 9.17) is 4.74 Å². The predicted octanol–water partition coefficient (Wildman–Crippen LogP) is 2.75. The summed E-state index contributed by atoms with van der Waals surface area (Å²) in [7, 11) is 2.23. The number of hydrogen-bond acceptors (Lipinski definition) is 4. The van der Waals surface area contributed by atoms with Crippen molar-refractivity contribution in [2.45, 2.75) is 52.1 Å². The lowest BCUT2D eigenvalue weighted by atomic mass is 10.0. The van der Waals surface area contributed by atoms with Gasteiger partial charge in [0.05, 0.1) is 12.3 Å². The van der Waals surface area contributed by atoms with E-state index in [2.05, 4.69) is 35.2 Å². The molecule has 1 saturated heterocycles. The summed E-state index contributed by atoms with van der Waals surface area (Å²) in [5.41, 5.74) is 2.07. The molecule has 1 aromatic heterocycles. The van der Waals surface area contributed by atoms with Gasteiger partial charge in [0.1, 0.15) is 5.75 Å². The molecule has 4 heteroatoms. The van der Waals surface area contributed by atoms with Gasteiger partial charge in [-0.05, 0) is 58.5 Å². The minimum Gasteiger partial charge on any atom is -0.492 e. The molecule has 1 unspecified atom stereocenters. The first-order valence-electron chi connectivity index (χ1n) is 8.21. The van der Waals surface area contributed by atoms with Crippen molar-refractivity contribution >= 4 is 0 Å². The Bertz CT molecular complexity index is 436. The maximum absolute atomic E-state index is 6.01. The van der Waals surface area contributed by atoms with E-state index in [1.807, 2.05) is 13.0 Å². The van der Waals surface area contributed by atoms with E-state index in [-0.39, 0.29) is 0 Å². The molecule has 1 aromatic rings. The van der Waals surface area contributed by atoms with Gasteiger partial charge in [0, 0.05) is 18.3 Å². The number of nitrogens with one attached hydrogen (secondary N) is 1. The summed E-state index contributed by atoms with van der Waals surface area (Å²) in [6.07, 6.45) is 5.09. The molecule has 1 fully saturated rings. The molecular formula is C17H29N3O. The van der Waals surface area contributed by atoms with Crippen molar-refractivity contribution in [3.63, 3.8) is 0 Å². The molecule has 0 aliphatic carbocycles. The highest BCUT2D eigenvalue weighted by Gasteiger charge is 2.18. The van der Waals surface area contributed by atoms with Crippen molar-refractivity contribution in [3.05, 3.63) is 23.5 Å². The molecule has 0 aromatic carbocycles. The van der Waals surface area contributed by atoms with Crippen LogP contribution >= 0.6 is 0 Å². The fourth-order valence-corrected chi connectivity index (χ4v) is 2.91. The summed E-state index contributed by atoms with van der Waals surface area (Å²) in [4.78, 5) is 7.07. The number of piperidine rings is 1. The van der Waals surface area contributed by atoms with Crippen LogP contribution < -0.4 is 10.1 Å². The number of aryl methyl sites for hydroxylation is 1. The fraction of sp³-hybridized carbons (Fsp3) is 0.706. The number of likely N-dealkylation sites (tertiary alicyclic amines) is 1. The van der Waals surface area contributed by atoms with E-state index in [1.54, 1.807) is 0 Å². The summed E-state index contributed by atoms with van der Waals surface area (Å²) in [6.45, 7) is 7.85. The van der Waals surface area contributed by atoms with Gasteiger partial charge in [-0.3, -0.25) is 4.98 Å². The number of rotatable bonds is 7. The summed E-state index contributed by atoms with van der Waals surface area (Å²) in [5, 5.41) is 3.33. The Balaban J connectivity index is 1.87. The SMILES string of the molecule is CCNCc1nc(C)ccc1OCCC1CCCCN1C. The third-order valence-corrected chi connectivity index (χ3v) is 4.24. The van der Waals surface area contributed by atoms with Crippen LogP contribution in [0.15, 0.2) is 12.1 Å². The van der Waals surface area contributed by atoms with Crippen LogP contribution in [-0.2, 0) is 6.54 Å². The van der Waals surface area contributed by atoms with Crippen molar-refractivity contribution in [1.29, 1.82) is 0 Å². The van der Waals surface area contributed by atoms with Crippen molar-refractivity contribution in [1.82, 2.24) is 15.2 Å². The molecule has 1 N–H and O–H groups in total. The zero-order valence-electron chi connectivity index (χ0n) is 13.7.